The van der Waals surface area contributed by atoms with Gasteiger partial charge in [-0.15, -0.1) is 0 Å². The molecular weight excluding hydrogens is 877 g/mol. The average molecular weight is 910 g/mol. The third-order valence-electron chi connectivity index (χ3n) is 9.76. The number of carbonyl (C=O) groups excluding carboxylic acids is 4. The Labute approximate surface area is 366 Å². The number of hydrogen-bond donors (Lipinski definition) is 2. The molecule has 4 aromatic carbocycles. The van der Waals surface area contributed by atoms with Crippen LogP contribution < -0.4 is 15.4 Å². The summed E-state index contributed by atoms with van der Waals surface area (Å²) in [5.74, 6) is -3.21. The van der Waals surface area contributed by atoms with Gasteiger partial charge in [-0.05, 0) is 84.6 Å². The van der Waals surface area contributed by atoms with Gasteiger partial charge in [-0.3, -0.25) is 24.2 Å². The molecule has 0 radical (unpaired) electrons. The lowest BCUT2D eigenvalue weighted by atomic mass is 10.1. The van der Waals surface area contributed by atoms with Crippen molar-refractivity contribution in [2.75, 3.05) is 12.4 Å². The highest BCUT2D eigenvalue weighted by Crippen LogP contribution is 2.40. The van der Waals surface area contributed by atoms with Crippen molar-refractivity contribution in [3.63, 3.8) is 0 Å². The first-order valence-electron chi connectivity index (χ1n) is 18.5. The number of rotatable bonds is 11. The Morgan fingerprint density at radius 3 is 2.05 bits per heavy atom. The second kappa shape index (κ2) is 18.0. The summed E-state index contributed by atoms with van der Waals surface area (Å²) >= 11 is 24.7. The van der Waals surface area contributed by atoms with Crippen LogP contribution in [0.1, 0.15) is 50.4 Å². The molecule has 7 aromatic rings. The van der Waals surface area contributed by atoms with E-state index in [1.54, 1.807) is 47.0 Å². The summed E-state index contributed by atoms with van der Waals surface area (Å²) in [6, 6.07) is 26.1. The number of carbonyl (C=O) groups is 4. The summed E-state index contributed by atoms with van der Waals surface area (Å²) in [5, 5.41) is 7.00. The van der Waals surface area contributed by atoms with Crippen molar-refractivity contribution < 1.29 is 37.1 Å². The quantitative estimate of drug-likeness (QED) is 0.0984. The van der Waals surface area contributed by atoms with Crippen LogP contribution in [0.25, 0.3) is 21.8 Å². The molecule has 8 rings (SSSR count). The average Bonchev–Trinajstić information content (AvgIpc) is 3.93. The van der Waals surface area contributed by atoms with E-state index in [0.29, 0.717) is 57.3 Å². The van der Waals surface area contributed by atoms with Gasteiger partial charge in [0.05, 0.1) is 23.8 Å². The SMILES string of the molecule is COc1ccc2c(c1)c(C(=O)C(=O)Nc1ccncc1)c(Cl)n2Cc1ccc(Cl)cc1.O=C(NC1CC1)C(=O)c1c(C(F)(F)F)n(Cc2ccc(Cl)cc2Cl)c2ccccc12. The number of anilines is 1. The summed E-state index contributed by atoms with van der Waals surface area (Å²) < 4.78 is 50.5. The fourth-order valence-electron chi connectivity index (χ4n) is 6.71. The van der Waals surface area contributed by atoms with E-state index in [1.807, 2.05) is 18.2 Å². The molecule has 3 aromatic heterocycles. The maximum absolute atomic E-state index is 14.2. The van der Waals surface area contributed by atoms with E-state index in [9.17, 15) is 32.3 Å². The van der Waals surface area contributed by atoms with Crippen molar-refractivity contribution in [1.29, 1.82) is 0 Å². The molecule has 0 spiro atoms. The van der Waals surface area contributed by atoms with Crippen LogP contribution in [0.15, 0.2) is 109 Å². The molecule has 10 nitrogen and oxygen atoms in total. The second-order valence-electron chi connectivity index (χ2n) is 13.9. The number of pyridine rings is 1. The number of benzene rings is 4. The fourth-order valence-corrected chi connectivity index (χ4v) is 7.65. The number of para-hydroxylation sites is 1. The molecule has 0 aliphatic heterocycles. The first kappa shape index (κ1) is 43.2. The van der Waals surface area contributed by atoms with E-state index < -0.39 is 40.8 Å². The van der Waals surface area contributed by atoms with Crippen LogP contribution in [0.5, 0.6) is 5.75 Å². The molecular formula is C44H32Cl4F3N5O5. The van der Waals surface area contributed by atoms with E-state index in [1.165, 1.54) is 55.9 Å². The second-order valence-corrected chi connectivity index (χ2v) is 15.6. The highest BCUT2D eigenvalue weighted by molar-refractivity contribution is 6.52. The van der Waals surface area contributed by atoms with Gasteiger partial charge in [-0.1, -0.05) is 82.8 Å². The molecule has 312 valence electrons. The molecule has 0 saturated heterocycles. The molecule has 1 fully saturated rings. The number of hydrogen-bond acceptors (Lipinski definition) is 6. The predicted molar refractivity (Wildman–Crippen MR) is 229 cm³/mol. The minimum Gasteiger partial charge on any atom is -0.497 e. The predicted octanol–water partition coefficient (Wildman–Crippen LogP) is 10.7. The zero-order valence-electron chi connectivity index (χ0n) is 31.8. The van der Waals surface area contributed by atoms with Crippen molar-refractivity contribution in [3.05, 3.63) is 158 Å². The topological polar surface area (TPSA) is 124 Å². The molecule has 0 bridgehead atoms. The first-order chi connectivity index (χ1) is 29.1. The number of ketones is 2. The Bertz CT molecular complexity index is 2820. The van der Waals surface area contributed by atoms with Crippen molar-refractivity contribution in [1.82, 2.24) is 19.4 Å². The highest BCUT2D eigenvalue weighted by atomic mass is 35.5. The molecule has 17 heteroatoms. The molecule has 3 heterocycles. The van der Waals surface area contributed by atoms with Crippen LogP contribution in [-0.4, -0.2) is 50.7 Å². The van der Waals surface area contributed by atoms with Gasteiger partial charge >= 0.3 is 6.18 Å². The van der Waals surface area contributed by atoms with Gasteiger partial charge in [-0.25, -0.2) is 0 Å². The lowest BCUT2D eigenvalue weighted by Gasteiger charge is -2.15. The monoisotopic (exact) mass is 907 g/mol. The molecule has 1 aliphatic rings. The van der Waals surface area contributed by atoms with Crippen LogP contribution >= 0.6 is 46.4 Å². The van der Waals surface area contributed by atoms with Crippen LogP contribution in [-0.2, 0) is 28.9 Å². The fraction of sp³-hybridized carbons (Fsp3) is 0.159. The zero-order chi connectivity index (χ0) is 43.6. The first-order valence-corrected chi connectivity index (χ1v) is 20.0. The third-order valence-corrected chi connectivity index (χ3v) is 11.0. The van der Waals surface area contributed by atoms with Gasteiger partial charge in [0.25, 0.3) is 23.4 Å². The summed E-state index contributed by atoms with van der Waals surface area (Å²) in [4.78, 5) is 54.8. The number of nitrogens with one attached hydrogen (secondary N) is 2. The summed E-state index contributed by atoms with van der Waals surface area (Å²) in [6.45, 7) is 0.154. The van der Waals surface area contributed by atoms with Crippen molar-refractivity contribution in [2.24, 2.45) is 0 Å². The van der Waals surface area contributed by atoms with Crippen molar-refractivity contribution in [3.8, 4) is 5.75 Å². The zero-order valence-corrected chi connectivity index (χ0v) is 34.9. The van der Waals surface area contributed by atoms with Gasteiger partial charge in [0.15, 0.2) is 0 Å². The van der Waals surface area contributed by atoms with Crippen LogP contribution in [0.3, 0.4) is 0 Å². The van der Waals surface area contributed by atoms with Gasteiger partial charge < -0.3 is 24.5 Å². The van der Waals surface area contributed by atoms with Crippen molar-refractivity contribution >= 4 is 97.3 Å². The molecule has 1 aliphatic carbocycles. The molecule has 0 unspecified atom stereocenters. The molecule has 0 atom stereocenters. The number of halogens is 7. The molecule has 1 saturated carbocycles. The summed E-state index contributed by atoms with van der Waals surface area (Å²) in [6.07, 6.45) is -0.404. The standard InChI is InChI=1S/C23H17Cl2N3O3.C21H15Cl2F3N2O2/c1-31-17-6-7-19-18(12-17)20(21(29)23(30)27-16-8-10-26-11-9-16)22(25)28(19)13-14-2-4-15(24)5-3-14;22-12-6-5-11(15(23)9-12)10-28-16-4-2-1-3-14(16)17(19(28)21(24,25)26)18(29)20(30)27-13-7-8-13/h2-12H,13H2,1H3,(H,26,27,30);1-6,9,13H,7-8,10H2,(H,27,30). The van der Waals surface area contributed by atoms with Gasteiger partial charge in [-0.2, -0.15) is 13.2 Å². The Morgan fingerprint density at radius 2 is 1.39 bits per heavy atom. The van der Waals surface area contributed by atoms with E-state index >= 15 is 0 Å². The Morgan fingerprint density at radius 1 is 0.738 bits per heavy atom. The summed E-state index contributed by atoms with van der Waals surface area (Å²) in [7, 11) is 1.53. The number of nitrogens with zero attached hydrogens (tertiary/aromatic N) is 3. The molecule has 61 heavy (non-hydrogen) atoms. The van der Waals surface area contributed by atoms with Crippen molar-refractivity contribution in [2.45, 2.75) is 38.1 Å². The minimum atomic E-state index is -4.87. The normalized spacial score (nSPS) is 12.5. The Balaban J connectivity index is 0.000000184. The van der Waals surface area contributed by atoms with Gasteiger partial charge in [0, 0.05) is 68.6 Å². The summed E-state index contributed by atoms with van der Waals surface area (Å²) in [5.41, 5.74) is 0.988. The number of alkyl halides is 3. The smallest absolute Gasteiger partial charge is 0.432 e. The number of fused-ring (bicyclic) bond motifs is 2. The minimum absolute atomic E-state index is 0.0610. The van der Waals surface area contributed by atoms with E-state index in [0.717, 1.165) is 10.1 Å². The highest BCUT2D eigenvalue weighted by Gasteiger charge is 2.43. The van der Waals surface area contributed by atoms with Gasteiger partial charge in [0.1, 0.15) is 16.6 Å². The number of amides is 2. The van der Waals surface area contributed by atoms with E-state index in [2.05, 4.69) is 15.6 Å². The van der Waals surface area contributed by atoms with E-state index in [4.69, 9.17) is 51.1 Å². The number of ether oxygens (including phenoxy) is 1. The third kappa shape index (κ3) is 9.55. The lowest BCUT2D eigenvalue weighted by Crippen LogP contribution is -2.34. The number of Topliss-reactive ketones (excluding diaryl/α,β-unsaturated/α-hetero) is 2. The number of methoxy groups -OCH3 is 1. The molecule has 2 amide bonds. The maximum atomic E-state index is 14.2. The Kier molecular flexibility index (Phi) is 12.8. The van der Waals surface area contributed by atoms with Crippen LogP contribution in [0, 0.1) is 0 Å². The maximum Gasteiger partial charge on any atom is 0.432 e. The van der Waals surface area contributed by atoms with E-state index in [-0.39, 0.29) is 39.2 Å². The van der Waals surface area contributed by atoms with Gasteiger partial charge in [0.2, 0.25) is 0 Å². The number of aromatic nitrogens is 3. The molecule has 2 N–H and O–H groups in total. The Hall–Kier alpha value is -5.86. The lowest BCUT2D eigenvalue weighted by molar-refractivity contribution is -0.143. The largest absolute Gasteiger partial charge is 0.497 e. The van der Waals surface area contributed by atoms with Crippen LogP contribution in [0.4, 0.5) is 18.9 Å². The van der Waals surface area contributed by atoms with Crippen LogP contribution in [0.2, 0.25) is 20.2 Å².